The zero-order chi connectivity index (χ0) is 13.3. The second-order valence-corrected chi connectivity index (χ2v) is 4.23. The number of hydrogen-bond acceptors (Lipinski definition) is 4. The summed E-state index contributed by atoms with van der Waals surface area (Å²) in [6.07, 6.45) is 2.08. The molecule has 3 N–H and O–H groups in total. The number of nitrogens with one attached hydrogen (secondary N) is 2. The lowest BCUT2D eigenvalue weighted by Gasteiger charge is -2.12. The number of aliphatic hydroxyl groups excluding tert-OH is 1. The standard InChI is InChI=1S/C12H21N3O2/c1-4-11(8-16)14-7-10(5-13)12(17)15-6-9(2)3/h7,9,11,14,16H,4,6,8H2,1-3H3,(H,15,17)/b10-7-. The maximum atomic E-state index is 11.6. The van der Waals surface area contributed by atoms with Crippen LogP contribution in [0.4, 0.5) is 0 Å². The Balaban J connectivity index is 4.35. The van der Waals surface area contributed by atoms with Crippen LogP contribution in [0.2, 0.25) is 0 Å². The Morgan fingerprint density at radius 1 is 1.53 bits per heavy atom. The summed E-state index contributed by atoms with van der Waals surface area (Å²) in [4.78, 5) is 11.6. The highest BCUT2D eigenvalue weighted by molar-refractivity contribution is 5.97. The molecule has 0 saturated heterocycles. The van der Waals surface area contributed by atoms with Crippen LogP contribution in [0.5, 0.6) is 0 Å². The van der Waals surface area contributed by atoms with E-state index in [-0.39, 0.29) is 24.1 Å². The van der Waals surface area contributed by atoms with Gasteiger partial charge in [-0.1, -0.05) is 20.8 Å². The summed E-state index contributed by atoms with van der Waals surface area (Å²) in [6, 6.07) is 1.71. The predicted molar refractivity (Wildman–Crippen MR) is 65.8 cm³/mol. The highest BCUT2D eigenvalue weighted by atomic mass is 16.3. The molecule has 1 amide bonds. The number of carbonyl (C=O) groups excluding carboxylic acids is 1. The van der Waals surface area contributed by atoms with Gasteiger partial charge in [0.15, 0.2) is 0 Å². The first-order valence-corrected chi connectivity index (χ1v) is 5.80. The van der Waals surface area contributed by atoms with Crippen LogP contribution in [-0.2, 0) is 4.79 Å². The van der Waals surface area contributed by atoms with Crippen molar-refractivity contribution in [2.75, 3.05) is 13.2 Å². The first-order valence-electron chi connectivity index (χ1n) is 5.80. The summed E-state index contributed by atoms with van der Waals surface area (Å²) in [5.74, 6) is -0.0471. The second-order valence-electron chi connectivity index (χ2n) is 4.23. The van der Waals surface area contributed by atoms with Crippen LogP contribution < -0.4 is 10.6 Å². The Morgan fingerprint density at radius 2 is 2.18 bits per heavy atom. The maximum Gasteiger partial charge on any atom is 0.263 e. The fraction of sp³-hybridized carbons (Fsp3) is 0.667. The fourth-order valence-corrected chi connectivity index (χ4v) is 1.04. The average Bonchev–Trinajstić information content (AvgIpc) is 2.32. The Labute approximate surface area is 103 Å². The molecule has 0 aliphatic heterocycles. The second kappa shape index (κ2) is 8.59. The van der Waals surface area contributed by atoms with Gasteiger partial charge in [-0.3, -0.25) is 4.79 Å². The number of carbonyl (C=O) groups is 1. The summed E-state index contributed by atoms with van der Waals surface area (Å²) >= 11 is 0. The molecule has 17 heavy (non-hydrogen) atoms. The lowest BCUT2D eigenvalue weighted by Crippen LogP contribution is -2.31. The van der Waals surface area contributed by atoms with Crippen LogP contribution >= 0.6 is 0 Å². The van der Waals surface area contributed by atoms with Crippen molar-refractivity contribution in [3.05, 3.63) is 11.8 Å². The topological polar surface area (TPSA) is 85.2 Å². The lowest BCUT2D eigenvalue weighted by molar-refractivity contribution is -0.117. The van der Waals surface area contributed by atoms with Crippen LogP contribution in [0.25, 0.3) is 0 Å². The van der Waals surface area contributed by atoms with Crippen molar-refractivity contribution in [3.63, 3.8) is 0 Å². The number of amides is 1. The van der Waals surface area contributed by atoms with Crippen LogP contribution in [0.1, 0.15) is 27.2 Å². The molecule has 0 aromatic rings. The third-order valence-electron chi connectivity index (χ3n) is 2.21. The predicted octanol–water partition coefficient (Wildman–Crippen LogP) is 0.527. The van der Waals surface area contributed by atoms with Crippen molar-refractivity contribution in [1.82, 2.24) is 10.6 Å². The quantitative estimate of drug-likeness (QED) is 0.447. The zero-order valence-electron chi connectivity index (χ0n) is 10.7. The molecule has 0 fully saturated rings. The molecule has 5 nitrogen and oxygen atoms in total. The van der Waals surface area contributed by atoms with Crippen LogP contribution in [0, 0.1) is 17.2 Å². The Hall–Kier alpha value is -1.54. The maximum absolute atomic E-state index is 11.6. The SMILES string of the molecule is CCC(CO)N/C=C(/C#N)C(=O)NCC(C)C. The fourth-order valence-electron chi connectivity index (χ4n) is 1.04. The van der Waals surface area contributed by atoms with Crippen LogP contribution in [0.3, 0.4) is 0 Å². The van der Waals surface area contributed by atoms with Gasteiger partial charge in [-0.2, -0.15) is 5.26 Å². The Morgan fingerprint density at radius 3 is 2.59 bits per heavy atom. The summed E-state index contributed by atoms with van der Waals surface area (Å²) in [7, 11) is 0. The van der Waals surface area contributed by atoms with E-state index in [1.54, 1.807) is 0 Å². The number of hydrogen-bond donors (Lipinski definition) is 3. The number of nitrogens with zero attached hydrogens (tertiary/aromatic N) is 1. The summed E-state index contributed by atoms with van der Waals surface area (Å²) in [5, 5.41) is 23.3. The highest BCUT2D eigenvalue weighted by Crippen LogP contribution is 1.95. The van der Waals surface area contributed by atoms with E-state index in [0.29, 0.717) is 12.5 Å². The van der Waals surface area contributed by atoms with Gasteiger partial charge in [0, 0.05) is 18.8 Å². The van der Waals surface area contributed by atoms with Gasteiger partial charge in [-0.15, -0.1) is 0 Å². The molecule has 0 spiro atoms. The molecule has 5 heteroatoms. The molecule has 0 aliphatic carbocycles. The van der Waals surface area contributed by atoms with E-state index in [2.05, 4.69) is 10.6 Å². The molecule has 0 aliphatic rings. The van der Waals surface area contributed by atoms with Gasteiger partial charge in [0.25, 0.3) is 5.91 Å². The first kappa shape index (κ1) is 15.5. The van der Waals surface area contributed by atoms with E-state index in [0.717, 1.165) is 6.42 Å². The van der Waals surface area contributed by atoms with Crippen molar-refractivity contribution >= 4 is 5.91 Å². The van der Waals surface area contributed by atoms with Gasteiger partial charge in [-0.05, 0) is 12.3 Å². The van der Waals surface area contributed by atoms with E-state index < -0.39 is 0 Å². The minimum Gasteiger partial charge on any atom is -0.394 e. The van der Waals surface area contributed by atoms with Gasteiger partial charge in [0.1, 0.15) is 11.6 Å². The van der Waals surface area contributed by atoms with Gasteiger partial charge >= 0.3 is 0 Å². The molecular weight excluding hydrogens is 218 g/mol. The molecule has 1 atom stereocenters. The Kier molecular flexibility index (Phi) is 7.82. The molecule has 0 radical (unpaired) electrons. The summed E-state index contributed by atoms with van der Waals surface area (Å²) in [5.41, 5.74) is 0.0255. The third-order valence-corrected chi connectivity index (χ3v) is 2.21. The molecule has 0 saturated carbocycles. The summed E-state index contributed by atoms with van der Waals surface area (Å²) in [6.45, 7) is 6.38. The number of aliphatic hydroxyl groups is 1. The highest BCUT2D eigenvalue weighted by Gasteiger charge is 2.09. The van der Waals surface area contributed by atoms with E-state index in [1.165, 1.54) is 6.20 Å². The van der Waals surface area contributed by atoms with Crippen LogP contribution in [0.15, 0.2) is 11.8 Å². The van der Waals surface area contributed by atoms with Gasteiger partial charge < -0.3 is 15.7 Å². The average molecular weight is 239 g/mol. The van der Waals surface area contributed by atoms with E-state index in [9.17, 15) is 4.79 Å². The smallest absolute Gasteiger partial charge is 0.263 e. The zero-order valence-corrected chi connectivity index (χ0v) is 10.7. The molecule has 0 bridgehead atoms. The summed E-state index contributed by atoms with van der Waals surface area (Å²) < 4.78 is 0. The molecule has 0 aromatic heterocycles. The largest absolute Gasteiger partial charge is 0.394 e. The third kappa shape index (κ3) is 6.59. The van der Waals surface area contributed by atoms with Crippen molar-refractivity contribution in [3.8, 4) is 6.07 Å². The minimum atomic E-state index is -0.388. The molecular formula is C12H21N3O2. The van der Waals surface area contributed by atoms with Crippen LogP contribution in [-0.4, -0.2) is 30.2 Å². The van der Waals surface area contributed by atoms with Crippen molar-refractivity contribution in [1.29, 1.82) is 5.26 Å². The monoisotopic (exact) mass is 239 g/mol. The number of nitriles is 1. The molecule has 0 heterocycles. The van der Waals surface area contributed by atoms with Gasteiger partial charge in [0.2, 0.25) is 0 Å². The molecule has 0 rings (SSSR count). The number of rotatable bonds is 7. The normalized spacial score (nSPS) is 13.1. The lowest BCUT2D eigenvalue weighted by atomic mass is 10.2. The van der Waals surface area contributed by atoms with E-state index in [1.807, 2.05) is 26.8 Å². The minimum absolute atomic E-state index is 0.0255. The first-order chi connectivity index (χ1) is 8.04. The molecule has 96 valence electrons. The van der Waals surface area contributed by atoms with Crippen molar-refractivity contribution in [2.24, 2.45) is 5.92 Å². The van der Waals surface area contributed by atoms with Crippen molar-refractivity contribution < 1.29 is 9.90 Å². The van der Waals surface area contributed by atoms with Crippen molar-refractivity contribution in [2.45, 2.75) is 33.2 Å². The Bertz CT molecular complexity index is 301. The molecule has 0 aromatic carbocycles. The van der Waals surface area contributed by atoms with E-state index >= 15 is 0 Å². The van der Waals surface area contributed by atoms with E-state index in [4.69, 9.17) is 10.4 Å². The molecule has 1 unspecified atom stereocenters. The van der Waals surface area contributed by atoms with Gasteiger partial charge in [0.05, 0.1) is 6.61 Å². The van der Waals surface area contributed by atoms with Gasteiger partial charge in [-0.25, -0.2) is 0 Å².